The minimum Gasteiger partial charge on any atom is -0.495 e. The van der Waals surface area contributed by atoms with Crippen molar-refractivity contribution in [1.82, 2.24) is 9.21 Å². The van der Waals surface area contributed by atoms with E-state index in [1.54, 1.807) is 23.1 Å². The van der Waals surface area contributed by atoms with Crippen molar-refractivity contribution in [1.29, 1.82) is 0 Å². The van der Waals surface area contributed by atoms with Crippen LogP contribution in [-0.4, -0.2) is 57.8 Å². The van der Waals surface area contributed by atoms with Gasteiger partial charge in [-0.15, -0.1) is 0 Å². The Kier molecular flexibility index (Phi) is 5.43. The molecule has 1 amide bonds. The van der Waals surface area contributed by atoms with Gasteiger partial charge in [0.1, 0.15) is 10.6 Å². The van der Waals surface area contributed by atoms with E-state index in [2.05, 4.69) is 0 Å². The lowest BCUT2D eigenvalue weighted by molar-refractivity contribution is -0.124. The average molecular weight is 338 g/mol. The number of carbonyl (C=O) groups excluding carboxylic acids is 1. The largest absolute Gasteiger partial charge is 0.495 e. The summed E-state index contributed by atoms with van der Waals surface area (Å²) in [6, 6.07) is 4.83. The SMILES string of the molecule is COc1ccc(/C=C/C(=O)N2CCCC2)cc1S(=O)(=O)N(C)C. The Morgan fingerprint density at radius 1 is 1.26 bits per heavy atom. The van der Waals surface area contributed by atoms with Crippen LogP contribution in [0.25, 0.3) is 6.08 Å². The van der Waals surface area contributed by atoms with Gasteiger partial charge < -0.3 is 9.64 Å². The van der Waals surface area contributed by atoms with Crippen LogP contribution >= 0.6 is 0 Å². The number of likely N-dealkylation sites (tertiary alicyclic amines) is 1. The molecule has 1 fully saturated rings. The molecule has 0 unspecified atom stereocenters. The van der Waals surface area contributed by atoms with E-state index in [0.717, 1.165) is 30.2 Å². The fourth-order valence-electron chi connectivity index (χ4n) is 2.41. The van der Waals surface area contributed by atoms with Gasteiger partial charge in [-0.05, 0) is 36.6 Å². The molecule has 1 aliphatic heterocycles. The fraction of sp³-hybridized carbons (Fsp3) is 0.438. The maximum absolute atomic E-state index is 12.4. The molecule has 7 heteroatoms. The van der Waals surface area contributed by atoms with Crippen LogP contribution in [0.4, 0.5) is 0 Å². The van der Waals surface area contributed by atoms with Crippen LogP contribution in [0.1, 0.15) is 18.4 Å². The van der Waals surface area contributed by atoms with Crippen molar-refractivity contribution in [2.24, 2.45) is 0 Å². The van der Waals surface area contributed by atoms with Gasteiger partial charge in [-0.3, -0.25) is 4.79 Å². The zero-order chi connectivity index (χ0) is 17.0. The lowest BCUT2D eigenvalue weighted by Crippen LogP contribution is -2.25. The summed E-state index contributed by atoms with van der Waals surface area (Å²) in [4.78, 5) is 13.9. The number of carbonyl (C=O) groups is 1. The van der Waals surface area contributed by atoms with Gasteiger partial charge in [0.15, 0.2) is 0 Å². The molecule has 1 heterocycles. The normalized spacial score (nSPS) is 15.6. The summed E-state index contributed by atoms with van der Waals surface area (Å²) in [6.45, 7) is 1.57. The second-order valence-corrected chi connectivity index (χ2v) is 7.68. The molecule has 0 N–H and O–H groups in total. The predicted octanol–water partition coefficient (Wildman–Crippen LogP) is 1.58. The summed E-state index contributed by atoms with van der Waals surface area (Å²) < 4.78 is 31.0. The number of sulfonamides is 1. The second kappa shape index (κ2) is 7.14. The summed E-state index contributed by atoms with van der Waals surface area (Å²) in [5.74, 6) is 0.233. The quantitative estimate of drug-likeness (QED) is 0.765. The molecule has 2 rings (SSSR count). The highest BCUT2D eigenvalue weighted by Gasteiger charge is 2.22. The number of methoxy groups -OCH3 is 1. The van der Waals surface area contributed by atoms with Crippen molar-refractivity contribution < 1.29 is 17.9 Å². The molecule has 1 aromatic carbocycles. The summed E-state index contributed by atoms with van der Waals surface area (Å²) >= 11 is 0. The summed E-state index contributed by atoms with van der Waals surface area (Å²) in [5, 5.41) is 0. The molecule has 23 heavy (non-hydrogen) atoms. The van der Waals surface area contributed by atoms with Crippen molar-refractivity contribution in [3.8, 4) is 5.75 Å². The van der Waals surface area contributed by atoms with E-state index >= 15 is 0 Å². The van der Waals surface area contributed by atoms with Gasteiger partial charge in [-0.25, -0.2) is 12.7 Å². The van der Waals surface area contributed by atoms with Gasteiger partial charge in [0.25, 0.3) is 0 Å². The zero-order valence-corrected chi connectivity index (χ0v) is 14.5. The molecular weight excluding hydrogens is 316 g/mol. The molecule has 1 aliphatic rings. The van der Waals surface area contributed by atoms with Crippen molar-refractivity contribution >= 4 is 22.0 Å². The Balaban J connectivity index is 2.29. The van der Waals surface area contributed by atoms with Crippen LogP contribution in [0.5, 0.6) is 5.75 Å². The minimum atomic E-state index is -3.62. The molecule has 1 aromatic rings. The standard InChI is InChI=1S/C16H22N2O4S/c1-17(2)23(20,21)15-12-13(6-8-14(15)22-3)7-9-16(19)18-10-4-5-11-18/h6-9,12H,4-5,10-11H2,1-3H3/b9-7+. The number of ether oxygens (including phenoxy) is 1. The number of amides is 1. The first-order valence-corrected chi connectivity index (χ1v) is 8.88. The smallest absolute Gasteiger partial charge is 0.246 e. The van der Waals surface area contributed by atoms with E-state index < -0.39 is 10.0 Å². The van der Waals surface area contributed by atoms with Crippen molar-refractivity contribution in [3.05, 3.63) is 29.8 Å². The summed E-state index contributed by atoms with van der Waals surface area (Å²) in [5.41, 5.74) is 0.638. The van der Waals surface area contributed by atoms with Crippen LogP contribution in [0, 0.1) is 0 Å². The van der Waals surface area contributed by atoms with E-state index in [4.69, 9.17) is 4.74 Å². The number of hydrogen-bond donors (Lipinski definition) is 0. The van der Waals surface area contributed by atoms with E-state index in [-0.39, 0.29) is 16.6 Å². The highest BCUT2D eigenvalue weighted by Crippen LogP contribution is 2.27. The minimum absolute atomic E-state index is 0.0460. The first-order chi connectivity index (χ1) is 10.9. The van der Waals surface area contributed by atoms with Gasteiger partial charge in [0.05, 0.1) is 7.11 Å². The Labute approximate surface area is 137 Å². The predicted molar refractivity (Wildman–Crippen MR) is 88.7 cm³/mol. The molecule has 126 valence electrons. The van der Waals surface area contributed by atoms with Crippen LogP contribution in [-0.2, 0) is 14.8 Å². The van der Waals surface area contributed by atoms with E-state index in [1.807, 2.05) is 0 Å². The first kappa shape index (κ1) is 17.5. The topological polar surface area (TPSA) is 66.9 Å². The van der Waals surface area contributed by atoms with Crippen LogP contribution < -0.4 is 4.74 Å². The third-order valence-corrected chi connectivity index (χ3v) is 5.62. The van der Waals surface area contributed by atoms with Crippen molar-refractivity contribution in [2.75, 3.05) is 34.3 Å². The van der Waals surface area contributed by atoms with Gasteiger partial charge >= 0.3 is 0 Å². The lowest BCUT2D eigenvalue weighted by Gasteiger charge is -2.15. The molecular formula is C16H22N2O4S. The Hall–Kier alpha value is -1.86. The maximum atomic E-state index is 12.4. The third-order valence-electron chi connectivity index (χ3n) is 3.78. The third kappa shape index (κ3) is 3.92. The molecule has 0 aromatic heterocycles. The highest BCUT2D eigenvalue weighted by atomic mass is 32.2. The van der Waals surface area contributed by atoms with Crippen molar-refractivity contribution in [3.63, 3.8) is 0 Å². The molecule has 0 spiro atoms. The van der Waals surface area contributed by atoms with Crippen LogP contribution in [0.15, 0.2) is 29.2 Å². The van der Waals surface area contributed by atoms with Gasteiger partial charge in [-0.1, -0.05) is 6.07 Å². The summed E-state index contributed by atoms with van der Waals surface area (Å²) in [6.07, 6.45) is 5.19. The number of rotatable bonds is 5. The molecule has 6 nitrogen and oxygen atoms in total. The maximum Gasteiger partial charge on any atom is 0.246 e. The Morgan fingerprint density at radius 3 is 2.48 bits per heavy atom. The monoisotopic (exact) mass is 338 g/mol. The average Bonchev–Trinajstić information content (AvgIpc) is 3.06. The van der Waals surface area contributed by atoms with E-state index in [9.17, 15) is 13.2 Å². The molecule has 0 bridgehead atoms. The lowest BCUT2D eigenvalue weighted by atomic mass is 10.2. The molecule has 0 atom stereocenters. The van der Waals surface area contributed by atoms with Crippen molar-refractivity contribution in [2.45, 2.75) is 17.7 Å². The van der Waals surface area contributed by atoms with Gasteiger partial charge in [0, 0.05) is 33.3 Å². The number of nitrogens with zero attached hydrogens (tertiary/aromatic N) is 2. The number of hydrogen-bond acceptors (Lipinski definition) is 4. The first-order valence-electron chi connectivity index (χ1n) is 7.44. The fourth-order valence-corrected chi connectivity index (χ4v) is 3.49. The van der Waals surface area contributed by atoms with Crippen LogP contribution in [0.3, 0.4) is 0 Å². The van der Waals surface area contributed by atoms with E-state index in [0.29, 0.717) is 5.56 Å². The Morgan fingerprint density at radius 2 is 1.91 bits per heavy atom. The molecule has 0 radical (unpaired) electrons. The zero-order valence-electron chi connectivity index (χ0n) is 13.7. The van der Waals surface area contributed by atoms with Gasteiger partial charge in [0.2, 0.25) is 15.9 Å². The highest BCUT2D eigenvalue weighted by molar-refractivity contribution is 7.89. The summed E-state index contributed by atoms with van der Waals surface area (Å²) in [7, 11) is 0.743. The Bertz CT molecular complexity index is 705. The molecule has 0 saturated carbocycles. The second-order valence-electron chi connectivity index (χ2n) is 5.56. The van der Waals surface area contributed by atoms with E-state index in [1.165, 1.54) is 33.3 Å². The van der Waals surface area contributed by atoms with Crippen LogP contribution in [0.2, 0.25) is 0 Å². The molecule has 0 aliphatic carbocycles. The molecule has 1 saturated heterocycles. The number of benzene rings is 1. The van der Waals surface area contributed by atoms with Gasteiger partial charge in [-0.2, -0.15) is 0 Å².